The van der Waals surface area contributed by atoms with E-state index in [4.69, 9.17) is 13.8 Å². The van der Waals surface area contributed by atoms with Crippen molar-refractivity contribution in [1.29, 1.82) is 0 Å². The van der Waals surface area contributed by atoms with E-state index in [1.54, 1.807) is 0 Å². The quantitative estimate of drug-likeness (QED) is 0.205. The Balaban J connectivity index is 1.88. The van der Waals surface area contributed by atoms with Gasteiger partial charge in [-0.3, -0.25) is 9.88 Å². The van der Waals surface area contributed by atoms with Crippen LogP contribution in [0.5, 0.6) is 0 Å². The van der Waals surface area contributed by atoms with Crippen molar-refractivity contribution in [2.75, 3.05) is 12.9 Å². The lowest BCUT2D eigenvalue weighted by atomic mass is 9.77. The van der Waals surface area contributed by atoms with Crippen LogP contribution in [-0.4, -0.2) is 31.2 Å². The van der Waals surface area contributed by atoms with Gasteiger partial charge in [-0.25, -0.2) is 0 Å². The van der Waals surface area contributed by atoms with E-state index in [1.165, 1.54) is 0 Å². The number of nitrogens with one attached hydrogen (secondary N) is 1. The Morgan fingerprint density at radius 3 is 1.40 bits per heavy atom. The summed E-state index contributed by atoms with van der Waals surface area (Å²) < 4.78 is 30.5. The first-order valence-corrected chi connectivity index (χ1v) is 14.0. The van der Waals surface area contributed by atoms with Crippen LogP contribution in [-0.2, 0) is 23.9 Å². The second-order valence-corrected chi connectivity index (χ2v) is 11.2. The van der Waals surface area contributed by atoms with Crippen LogP contribution in [0.25, 0.3) is 0 Å². The average Bonchev–Trinajstić information content (AvgIpc) is 2.84. The summed E-state index contributed by atoms with van der Waals surface area (Å²) in [5, 5.41) is 3.80. The van der Waals surface area contributed by atoms with Crippen LogP contribution in [0, 0.1) is 0 Å². The Morgan fingerprint density at radius 1 is 0.686 bits per heavy atom. The van der Waals surface area contributed by atoms with Crippen molar-refractivity contribution in [2.45, 2.75) is 58.5 Å². The molecule has 0 heterocycles. The lowest BCUT2D eigenvalue weighted by molar-refractivity contribution is 0.0603. The molecule has 5 nitrogen and oxygen atoms in total. The number of hydrogen-bond donors (Lipinski definition) is 1. The highest BCUT2D eigenvalue weighted by molar-refractivity contribution is 7.53. The van der Waals surface area contributed by atoms with E-state index < -0.39 is 13.1 Å². The van der Waals surface area contributed by atoms with E-state index >= 15 is 0 Å². The number of hydrogen-bond acceptors (Lipinski definition) is 5. The van der Waals surface area contributed by atoms with Crippen molar-refractivity contribution in [1.82, 2.24) is 5.32 Å². The summed E-state index contributed by atoms with van der Waals surface area (Å²) in [6.45, 7) is 9.85. The molecule has 1 atom stereocenters. The molecular formula is C29H38NO4P. The van der Waals surface area contributed by atoms with Gasteiger partial charge >= 0.3 is 7.60 Å². The van der Waals surface area contributed by atoms with Crippen molar-refractivity contribution >= 4 is 7.60 Å². The third-order valence-electron chi connectivity index (χ3n) is 5.54. The molecule has 3 aromatic carbocycles. The normalized spacial score (nSPS) is 13.3. The zero-order valence-corrected chi connectivity index (χ0v) is 22.3. The molecule has 0 unspecified atom stereocenters. The summed E-state index contributed by atoms with van der Waals surface area (Å²) in [6.07, 6.45) is -0.788. The highest BCUT2D eigenvalue weighted by Gasteiger charge is 2.36. The molecule has 0 aromatic heterocycles. The molecule has 0 radical (unpaired) electrons. The van der Waals surface area contributed by atoms with Gasteiger partial charge < -0.3 is 13.8 Å². The van der Waals surface area contributed by atoms with Crippen LogP contribution in [0.1, 0.15) is 51.3 Å². The second-order valence-electron chi connectivity index (χ2n) is 9.25. The fourth-order valence-electron chi connectivity index (χ4n) is 4.17. The summed E-state index contributed by atoms with van der Waals surface area (Å²) in [4.78, 5) is 0. The number of rotatable bonds is 13. The molecule has 3 rings (SSSR count). The van der Waals surface area contributed by atoms with Crippen molar-refractivity contribution in [3.63, 3.8) is 0 Å². The SMILES string of the molecule is CC(C)OP(=O)(CO[C@H](C)CNC(c1ccccc1)(c1ccccc1)c1ccccc1)OC(C)C. The van der Waals surface area contributed by atoms with Gasteiger partial charge in [-0.1, -0.05) is 91.0 Å². The van der Waals surface area contributed by atoms with E-state index in [0.717, 1.165) is 16.7 Å². The van der Waals surface area contributed by atoms with Gasteiger partial charge in [0, 0.05) is 6.54 Å². The zero-order valence-electron chi connectivity index (χ0n) is 21.4. The highest BCUT2D eigenvalue weighted by atomic mass is 31.2. The Hall–Kier alpha value is -2.27. The first-order valence-electron chi connectivity index (χ1n) is 12.2. The van der Waals surface area contributed by atoms with Gasteiger partial charge in [0.25, 0.3) is 0 Å². The van der Waals surface area contributed by atoms with Gasteiger partial charge in [-0.2, -0.15) is 0 Å². The predicted octanol–water partition coefficient (Wildman–Crippen LogP) is 6.97. The van der Waals surface area contributed by atoms with Crippen LogP contribution in [0.3, 0.4) is 0 Å². The Labute approximate surface area is 210 Å². The minimum atomic E-state index is -3.37. The molecule has 0 saturated heterocycles. The average molecular weight is 496 g/mol. The van der Waals surface area contributed by atoms with Crippen molar-refractivity contribution < 1.29 is 18.3 Å². The highest BCUT2D eigenvalue weighted by Crippen LogP contribution is 2.50. The van der Waals surface area contributed by atoms with Crippen molar-refractivity contribution in [2.24, 2.45) is 0 Å². The molecule has 3 aromatic rings. The summed E-state index contributed by atoms with van der Waals surface area (Å²) >= 11 is 0. The minimum Gasteiger partial charge on any atom is -0.365 e. The molecule has 0 spiro atoms. The monoisotopic (exact) mass is 495 g/mol. The molecule has 0 aliphatic heterocycles. The fraction of sp³-hybridized carbons (Fsp3) is 0.379. The minimum absolute atomic E-state index is 0.0960. The lowest BCUT2D eigenvalue weighted by Crippen LogP contribution is -2.47. The molecule has 35 heavy (non-hydrogen) atoms. The van der Waals surface area contributed by atoms with E-state index in [9.17, 15) is 4.57 Å². The third kappa shape index (κ3) is 7.36. The summed E-state index contributed by atoms with van der Waals surface area (Å²) in [7, 11) is -3.37. The maximum Gasteiger partial charge on any atom is 0.356 e. The standard InChI is InChI=1S/C29H38NO4P/c1-23(2)33-35(31,34-24(3)4)22-32-25(5)21-30-29(26-15-9-6-10-16-26,27-17-11-7-12-18-27)28-19-13-8-14-20-28/h6-20,23-25,30H,21-22H2,1-5H3/t25-/m1/s1. The van der Waals surface area contributed by atoms with Crippen LogP contribution in [0.4, 0.5) is 0 Å². The number of ether oxygens (including phenoxy) is 1. The largest absolute Gasteiger partial charge is 0.365 e. The molecule has 0 aliphatic carbocycles. The molecule has 0 fully saturated rings. The molecule has 6 heteroatoms. The predicted molar refractivity (Wildman–Crippen MR) is 143 cm³/mol. The van der Waals surface area contributed by atoms with Crippen molar-refractivity contribution in [3.8, 4) is 0 Å². The van der Waals surface area contributed by atoms with E-state index in [-0.39, 0.29) is 24.7 Å². The molecule has 0 saturated carbocycles. The second kappa shape index (κ2) is 12.6. The maximum absolute atomic E-state index is 13.2. The van der Waals surface area contributed by atoms with Crippen molar-refractivity contribution in [3.05, 3.63) is 108 Å². The van der Waals surface area contributed by atoms with Gasteiger partial charge in [0.05, 0.1) is 23.9 Å². The van der Waals surface area contributed by atoms with E-state index in [2.05, 4.69) is 78.1 Å². The molecule has 188 valence electrons. The third-order valence-corrected chi connectivity index (χ3v) is 7.49. The molecule has 0 amide bonds. The summed E-state index contributed by atoms with van der Waals surface area (Å²) in [6, 6.07) is 31.2. The van der Waals surface area contributed by atoms with Crippen LogP contribution in [0.15, 0.2) is 91.0 Å². The Bertz CT molecular complexity index is 947. The van der Waals surface area contributed by atoms with Crippen LogP contribution >= 0.6 is 7.60 Å². The van der Waals surface area contributed by atoms with Crippen LogP contribution in [0.2, 0.25) is 0 Å². The summed E-state index contributed by atoms with van der Waals surface area (Å²) in [5.41, 5.74) is 2.79. The van der Waals surface area contributed by atoms with Gasteiger partial charge in [0.15, 0.2) is 0 Å². The Morgan fingerprint density at radius 2 is 1.06 bits per heavy atom. The van der Waals surface area contributed by atoms with Gasteiger partial charge in [0.2, 0.25) is 0 Å². The summed E-state index contributed by atoms with van der Waals surface area (Å²) in [5.74, 6) is 0. The van der Waals surface area contributed by atoms with E-state index in [0.29, 0.717) is 6.54 Å². The zero-order chi connectivity index (χ0) is 25.3. The molecular weight excluding hydrogens is 457 g/mol. The van der Waals surface area contributed by atoms with Crippen LogP contribution < -0.4 is 5.32 Å². The molecule has 0 aliphatic rings. The first kappa shape index (κ1) is 27.3. The number of benzene rings is 3. The first-order chi connectivity index (χ1) is 16.7. The molecule has 0 bridgehead atoms. The lowest BCUT2D eigenvalue weighted by Gasteiger charge is -2.38. The fourth-order valence-corrected chi connectivity index (χ4v) is 6.07. The van der Waals surface area contributed by atoms with Gasteiger partial charge in [-0.15, -0.1) is 0 Å². The molecule has 1 N–H and O–H groups in total. The Kier molecular flexibility index (Phi) is 9.85. The smallest absolute Gasteiger partial charge is 0.356 e. The van der Waals surface area contributed by atoms with Gasteiger partial charge in [0.1, 0.15) is 6.35 Å². The van der Waals surface area contributed by atoms with Gasteiger partial charge in [-0.05, 0) is 51.3 Å². The topological polar surface area (TPSA) is 56.8 Å². The van der Waals surface area contributed by atoms with E-state index in [1.807, 2.05) is 52.8 Å². The maximum atomic E-state index is 13.2.